The lowest BCUT2D eigenvalue weighted by atomic mass is 10.1. The van der Waals surface area contributed by atoms with E-state index in [0.717, 1.165) is 0 Å². The van der Waals surface area contributed by atoms with Crippen LogP contribution in [0.3, 0.4) is 0 Å². The summed E-state index contributed by atoms with van der Waals surface area (Å²) in [5.74, 6) is 0. The summed E-state index contributed by atoms with van der Waals surface area (Å²) in [6.07, 6.45) is 0.252. The number of hydrogen-bond acceptors (Lipinski definition) is 6. The number of thiazole rings is 1. The summed E-state index contributed by atoms with van der Waals surface area (Å²) >= 11 is 13.3. The van der Waals surface area contributed by atoms with Crippen LogP contribution in [0.4, 0.5) is 0 Å². The van der Waals surface area contributed by atoms with E-state index in [2.05, 4.69) is 10.1 Å². The van der Waals surface area contributed by atoms with Crippen LogP contribution in [0.2, 0.25) is 10.0 Å². The zero-order valence-corrected chi connectivity index (χ0v) is 16.8. The van der Waals surface area contributed by atoms with E-state index in [4.69, 9.17) is 32.7 Å². The topological polar surface area (TPSA) is 101 Å². The molecule has 0 atom stereocenters. The number of nitrogens with one attached hydrogen (secondary N) is 1. The van der Waals surface area contributed by atoms with Gasteiger partial charge in [-0.2, -0.15) is 4.68 Å². The number of aromatic amines is 1. The summed E-state index contributed by atoms with van der Waals surface area (Å²) in [6, 6.07) is 4.75. The number of fused-ring (bicyclic) bond motifs is 1. The van der Waals surface area contributed by atoms with E-state index >= 15 is 0 Å². The van der Waals surface area contributed by atoms with Crippen LogP contribution in [0.25, 0.3) is 27.4 Å². The first-order valence-electron chi connectivity index (χ1n) is 8.19. The van der Waals surface area contributed by atoms with E-state index in [-0.39, 0.29) is 34.8 Å². The van der Waals surface area contributed by atoms with Gasteiger partial charge in [0.15, 0.2) is 5.58 Å². The van der Waals surface area contributed by atoms with Gasteiger partial charge in [0.25, 0.3) is 5.56 Å². The highest BCUT2D eigenvalue weighted by atomic mass is 35.5. The molecule has 3 heterocycles. The van der Waals surface area contributed by atoms with Crippen molar-refractivity contribution in [1.82, 2.24) is 14.8 Å². The molecule has 0 amide bonds. The minimum absolute atomic E-state index is 0.125. The van der Waals surface area contributed by atoms with E-state index < -0.39 is 5.63 Å². The Bertz CT molecular complexity index is 1320. The molecule has 28 heavy (non-hydrogen) atoms. The highest BCUT2D eigenvalue weighted by Gasteiger charge is 2.17. The summed E-state index contributed by atoms with van der Waals surface area (Å²) in [5, 5.41) is 15.3. The van der Waals surface area contributed by atoms with Gasteiger partial charge in [0.1, 0.15) is 0 Å². The molecule has 10 heteroatoms. The number of hydrogen-bond donors (Lipinski definition) is 2. The van der Waals surface area contributed by atoms with Crippen molar-refractivity contribution in [3.05, 3.63) is 65.7 Å². The second kappa shape index (κ2) is 7.21. The molecule has 0 fully saturated rings. The average molecular weight is 438 g/mol. The molecule has 3 aromatic heterocycles. The van der Waals surface area contributed by atoms with Crippen molar-refractivity contribution in [1.29, 1.82) is 0 Å². The molecule has 2 N–H and O–H groups in total. The maximum atomic E-state index is 12.5. The average Bonchev–Trinajstić information content (AvgIpc) is 3.22. The number of aliphatic hydroxyl groups excluding tert-OH is 1. The number of aryl methyl sites for hydroxylation is 1. The Hall–Kier alpha value is -2.39. The van der Waals surface area contributed by atoms with Crippen molar-refractivity contribution in [2.24, 2.45) is 0 Å². The maximum Gasteiger partial charge on any atom is 0.345 e. The van der Waals surface area contributed by atoms with Crippen molar-refractivity contribution in [2.45, 2.75) is 13.3 Å². The van der Waals surface area contributed by atoms with Gasteiger partial charge in [-0.25, -0.2) is 9.78 Å². The fraction of sp³-hybridized carbons (Fsp3) is 0.167. The van der Waals surface area contributed by atoms with Gasteiger partial charge in [0.2, 0.25) is 5.13 Å². The Balaban J connectivity index is 1.82. The molecule has 0 unspecified atom stereocenters. The standard InChI is InChI=1S/C18H13Cl2N3O4S/c1-8-11(2-3-24)16(25)23(22-8)18-21-14(7-28-18)12-5-9-4-10(19)6-13(20)15(9)27-17(12)26/h4-7,22,24H,2-3H2,1H3. The van der Waals surface area contributed by atoms with E-state index in [9.17, 15) is 9.59 Å². The van der Waals surface area contributed by atoms with Gasteiger partial charge in [0.05, 0.1) is 16.3 Å². The molecule has 0 radical (unpaired) electrons. The normalized spacial score (nSPS) is 11.4. The van der Waals surface area contributed by atoms with Crippen LogP contribution in [0.5, 0.6) is 0 Å². The second-order valence-electron chi connectivity index (χ2n) is 6.10. The molecule has 0 aliphatic rings. The molecule has 4 aromatic rings. The summed E-state index contributed by atoms with van der Waals surface area (Å²) < 4.78 is 6.64. The third kappa shape index (κ3) is 3.18. The number of aliphatic hydroxyl groups is 1. The fourth-order valence-corrected chi connectivity index (χ4v) is 4.28. The lowest BCUT2D eigenvalue weighted by Gasteiger charge is -2.02. The highest BCUT2D eigenvalue weighted by Crippen LogP contribution is 2.30. The van der Waals surface area contributed by atoms with Crippen molar-refractivity contribution in [3.8, 4) is 16.4 Å². The van der Waals surface area contributed by atoms with Crippen molar-refractivity contribution in [2.75, 3.05) is 6.61 Å². The molecule has 0 saturated heterocycles. The van der Waals surface area contributed by atoms with Crippen molar-refractivity contribution < 1.29 is 9.52 Å². The molecule has 0 aliphatic heterocycles. The Labute approximate surface area is 171 Å². The summed E-state index contributed by atoms with van der Waals surface area (Å²) in [4.78, 5) is 29.3. The summed E-state index contributed by atoms with van der Waals surface area (Å²) in [6.45, 7) is 1.63. The minimum Gasteiger partial charge on any atom is -0.421 e. The van der Waals surface area contributed by atoms with Crippen LogP contribution in [0.15, 0.2) is 37.6 Å². The van der Waals surface area contributed by atoms with Gasteiger partial charge in [-0.3, -0.25) is 9.89 Å². The molecule has 1 aromatic carbocycles. The number of aromatic nitrogens is 3. The van der Waals surface area contributed by atoms with E-state index in [1.807, 2.05) is 0 Å². The zero-order chi connectivity index (χ0) is 20.0. The molecular formula is C18H13Cl2N3O4S. The van der Waals surface area contributed by atoms with E-state index in [0.29, 0.717) is 32.5 Å². The predicted octanol–water partition coefficient (Wildman–Crippen LogP) is 3.55. The predicted molar refractivity (Wildman–Crippen MR) is 109 cm³/mol. The zero-order valence-electron chi connectivity index (χ0n) is 14.5. The second-order valence-corrected chi connectivity index (χ2v) is 7.78. The summed E-state index contributed by atoms with van der Waals surface area (Å²) in [7, 11) is 0. The molecule has 0 saturated carbocycles. The smallest absolute Gasteiger partial charge is 0.345 e. The lowest BCUT2D eigenvalue weighted by molar-refractivity contribution is 0.299. The SMILES string of the molecule is Cc1[nH]n(-c2nc(-c3cc4cc(Cl)cc(Cl)c4oc3=O)cs2)c(=O)c1CCO. The highest BCUT2D eigenvalue weighted by molar-refractivity contribution is 7.12. The largest absolute Gasteiger partial charge is 0.421 e. The van der Waals surface area contributed by atoms with E-state index in [1.165, 1.54) is 22.1 Å². The number of H-pyrrole nitrogens is 1. The van der Waals surface area contributed by atoms with Crippen molar-refractivity contribution >= 4 is 45.5 Å². The van der Waals surface area contributed by atoms with Gasteiger partial charge in [-0.15, -0.1) is 11.3 Å². The molecule has 7 nitrogen and oxygen atoms in total. The number of rotatable bonds is 4. The van der Waals surface area contributed by atoms with Crippen LogP contribution in [0.1, 0.15) is 11.3 Å². The first-order valence-corrected chi connectivity index (χ1v) is 9.83. The molecule has 0 bridgehead atoms. The number of nitrogens with zero attached hydrogens (tertiary/aromatic N) is 2. The van der Waals surface area contributed by atoms with Crippen LogP contribution in [-0.2, 0) is 6.42 Å². The van der Waals surface area contributed by atoms with E-state index in [1.54, 1.807) is 24.4 Å². The van der Waals surface area contributed by atoms with Crippen LogP contribution in [0, 0.1) is 6.92 Å². The van der Waals surface area contributed by atoms with Gasteiger partial charge in [0, 0.05) is 40.1 Å². The maximum absolute atomic E-state index is 12.5. The van der Waals surface area contributed by atoms with Gasteiger partial charge in [-0.1, -0.05) is 23.2 Å². The molecule has 0 spiro atoms. The van der Waals surface area contributed by atoms with Crippen LogP contribution < -0.4 is 11.2 Å². The van der Waals surface area contributed by atoms with Gasteiger partial charge < -0.3 is 9.52 Å². The quantitative estimate of drug-likeness (QED) is 0.475. The Morgan fingerprint density at radius 1 is 1.29 bits per heavy atom. The first-order chi connectivity index (χ1) is 13.4. The molecule has 0 aliphatic carbocycles. The van der Waals surface area contributed by atoms with Gasteiger partial charge >= 0.3 is 5.63 Å². The Morgan fingerprint density at radius 2 is 2.07 bits per heavy atom. The van der Waals surface area contributed by atoms with Crippen LogP contribution >= 0.6 is 34.5 Å². The number of benzene rings is 1. The molecule has 4 rings (SSSR count). The third-order valence-electron chi connectivity index (χ3n) is 4.27. The number of halogens is 2. The van der Waals surface area contributed by atoms with Crippen LogP contribution in [-0.4, -0.2) is 26.5 Å². The fourth-order valence-electron chi connectivity index (χ4n) is 2.95. The van der Waals surface area contributed by atoms with Gasteiger partial charge in [-0.05, 0) is 25.1 Å². The monoisotopic (exact) mass is 437 g/mol. The minimum atomic E-state index is -0.593. The summed E-state index contributed by atoms with van der Waals surface area (Å²) in [5.41, 5.74) is 1.13. The Morgan fingerprint density at radius 3 is 2.82 bits per heavy atom. The molecular weight excluding hydrogens is 425 g/mol. The first kappa shape index (κ1) is 18.9. The van der Waals surface area contributed by atoms with Crippen molar-refractivity contribution in [3.63, 3.8) is 0 Å². The third-order valence-corrected chi connectivity index (χ3v) is 5.59. The molecule has 144 valence electrons. The lowest BCUT2D eigenvalue weighted by Crippen LogP contribution is -2.18. The Kier molecular flexibility index (Phi) is 4.88.